The maximum Gasteiger partial charge on any atom is 0.129 e. The summed E-state index contributed by atoms with van der Waals surface area (Å²) in [6.45, 7) is 4.91. The van der Waals surface area contributed by atoms with Crippen LogP contribution in [0.3, 0.4) is 0 Å². The molecular formula is C12H17F2N. The van der Waals surface area contributed by atoms with Crippen LogP contribution in [0.5, 0.6) is 0 Å². The van der Waals surface area contributed by atoms with Crippen LogP contribution in [0.25, 0.3) is 0 Å². The zero-order valence-corrected chi connectivity index (χ0v) is 9.19. The fraction of sp³-hybridized carbons (Fsp3) is 0.500. The van der Waals surface area contributed by atoms with Crippen molar-refractivity contribution in [2.45, 2.75) is 32.7 Å². The minimum atomic E-state index is -0.446. The lowest BCUT2D eigenvalue weighted by molar-refractivity contribution is 0.502. The molecule has 1 aromatic carbocycles. The second-order valence-corrected chi connectivity index (χ2v) is 3.70. The van der Waals surface area contributed by atoms with Gasteiger partial charge in [-0.25, -0.2) is 8.78 Å². The number of benzene rings is 1. The zero-order valence-electron chi connectivity index (χ0n) is 9.19. The molecule has 1 rings (SSSR count). The van der Waals surface area contributed by atoms with Crippen LogP contribution in [0, 0.1) is 11.6 Å². The molecule has 0 bridgehead atoms. The number of hydrogen-bond acceptors (Lipinski definition) is 1. The molecule has 0 aliphatic rings. The van der Waals surface area contributed by atoms with E-state index in [0.717, 1.165) is 13.0 Å². The Hall–Kier alpha value is -0.960. The Labute approximate surface area is 89.5 Å². The molecule has 84 valence electrons. The molecule has 0 aliphatic carbocycles. The Bertz CT molecular complexity index is 292. The lowest BCUT2D eigenvalue weighted by atomic mass is 10.1. The fourth-order valence-electron chi connectivity index (χ4n) is 1.58. The van der Waals surface area contributed by atoms with Gasteiger partial charge >= 0.3 is 0 Å². The topological polar surface area (TPSA) is 12.0 Å². The Kier molecular flexibility index (Phi) is 4.69. The molecule has 1 atom stereocenters. The van der Waals surface area contributed by atoms with Crippen LogP contribution >= 0.6 is 0 Å². The molecule has 0 saturated carbocycles. The van der Waals surface area contributed by atoms with Crippen molar-refractivity contribution in [3.8, 4) is 0 Å². The highest BCUT2D eigenvalue weighted by Crippen LogP contribution is 2.14. The molecule has 0 aliphatic heterocycles. The van der Waals surface area contributed by atoms with Crippen molar-refractivity contribution in [2.24, 2.45) is 0 Å². The predicted molar refractivity (Wildman–Crippen MR) is 57.8 cm³/mol. The van der Waals surface area contributed by atoms with Gasteiger partial charge in [0, 0.05) is 11.6 Å². The predicted octanol–water partition coefficient (Wildman–Crippen LogP) is 2.90. The van der Waals surface area contributed by atoms with Crippen molar-refractivity contribution in [1.82, 2.24) is 5.32 Å². The number of rotatable bonds is 5. The molecule has 0 heterocycles. The van der Waals surface area contributed by atoms with Crippen LogP contribution in [0.15, 0.2) is 18.2 Å². The van der Waals surface area contributed by atoms with E-state index >= 15 is 0 Å². The number of halogens is 2. The van der Waals surface area contributed by atoms with Crippen molar-refractivity contribution in [2.75, 3.05) is 6.54 Å². The minimum Gasteiger partial charge on any atom is -0.315 e. The molecule has 1 nitrogen and oxygen atoms in total. The van der Waals surface area contributed by atoms with E-state index in [-0.39, 0.29) is 11.6 Å². The van der Waals surface area contributed by atoms with E-state index in [4.69, 9.17) is 0 Å². The molecule has 0 fully saturated rings. The van der Waals surface area contributed by atoms with E-state index in [1.54, 1.807) is 0 Å². The maximum atomic E-state index is 13.2. The monoisotopic (exact) mass is 213 g/mol. The molecule has 3 heteroatoms. The third-order valence-electron chi connectivity index (χ3n) is 2.44. The summed E-state index contributed by atoms with van der Waals surface area (Å²) in [6, 6.07) is 4.28. The average molecular weight is 213 g/mol. The quantitative estimate of drug-likeness (QED) is 0.793. The van der Waals surface area contributed by atoms with Crippen LogP contribution in [0.4, 0.5) is 8.78 Å². The van der Waals surface area contributed by atoms with E-state index in [2.05, 4.69) is 5.32 Å². The summed E-state index contributed by atoms with van der Waals surface area (Å²) < 4.78 is 26.5. The van der Waals surface area contributed by atoms with Gasteiger partial charge in [-0.2, -0.15) is 0 Å². The summed E-state index contributed by atoms with van der Waals surface area (Å²) in [4.78, 5) is 0. The molecule has 1 unspecified atom stereocenters. The van der Waals surface area contributed by atoms with Crippen molar-refractivity contribution in [3.05, 3.63) is 35.4 Å². The highest BCUT2D eigenvalue weighted by molar-refractivity contribution is 5.19. The third kappa shape index (κ3) is 3.59. The highest BCUT2D eigenvalue weighted by Gasteiger charge is 2.09. The summed E-state index contributed by atoms with van der Waals surface area (Å²) in [5, 5.41) is 3.21. The van der Waals surface area contributed by atoms with Gasteiger partial charge in [0.25, 0.3) is 0 Å². The first kappa shape index (κ1) is 12.1. The van der Waals surface area contributed by atoms with Gasteiger partial charge < -0.3 is 5.32 Å². The Morgan fingerprint density at radius 2 is 1.87 bits per heavy atom. The second-order valence-electron chi connectivity index (χ2n) is 3.70. The molecule has 15 heavy (non-hydrogen) atoms. The molecule has 0 spiro atoms. The van der Waals surface area contributed by atoms with Gasteiger partial charge in [-0.1, -0.05) is 13.0 Å². The number of nitrogens with one attached hydrogen (secondary N) is 1. The zero-order chi connectivity index (χ0) is 11.3. The Morgan fingerprint density at radius 3 is 2.40 bits per heavy atom. The first-order valence-corrected chi connectivity index (χ1v) is 5.31. The van der Waals surface area contributed by atoms with Crippen molar-refractivity contribution < 1.29 is 8.78 Å². The van der Waals surface area contributed by atoms with Crippen LogP contribution in [-0.2, 0) is 6.42 Å². The van der Waals surface area contributed by atoms with Gasteiger partial charge in [-0.3, -0.25) is 0 Å². The first-order chi connectivity index (χ1) is 7.15. The lowest BCUT2D eigenvalue weighted by Gasteiger charge is -2.12. The first-order valence-electron chi connectivity index (χ1n) is 5.31. The summed E-state index contributed by atoms with van der Waals surface area (Å²) in [6.07, 6.45) is 1.18. The van der Waals surface area contributed by atoms with Gasteiger partial charge in [-0.05, 0) is 38.4 Å². The van der Waals surface area contributed by atoms with Gasteiger partial charge in [0.2, 0.25) is 0 Å². The molecule has 0 saturated heterocycles. The highest BCUT2D eigenvalue weighted by atomic mass is 19.1. The van der Waals surface area contributed by atoms with Crippen LogP contribution in [-0.4, -0.2) is 12.6 Å². The van der Waals surface area contributed by atoms with Crippen LogP contribution < -0.4 is 5.32 Å². The molecular weight excluding hydrogens is 196 g/mol. The largest absolute Gasteiger partial charge is 0.315 e. The fourth-order valence-corrected chi connectivity index (χ4v) is 1.58. The van der Waals surface area contributed by atoms with E-state index < -0.39 is 11.6 Å². The van der Waals surface area contributed by atoms with Gasteiger partial charge in [0.15, 0.2) is 0 Å². The molecule has 1 N–H and O–H groups in total. The van der Waals surface area contributed by atoms with Crippen LogP contribution in [0.2, 0.25) is 0 Å². The van der Waals surface area contributed by atoms with E-state index in [9.17, 15) is 8.78 Å². The second kappa shape index (κ2) is 5.81. The summed E-state index contributed by atoms with van der Waals surface area (Å²) in [7, 11) is 0. The minimum absolute atomic E-state index is 0.197. The van der Waals surface area contributed by atoms with E-state index in [0.29, 0.717) is 6.42 Å². The third-order valence-corrected chi connectivity index (χ3v) is 2.44. The van der Waals surface area contributed by atoms with E-state index in [1.165, 1.54) is 18.2 Å². The standard InChI is InChI=1S/C12H17F2N/c1-3-15-9(2)7-8-10-11(13)5-4-6-12(10)14/h4-6,9,15H,3,7-8H2,1-2H3. The van der Waals surface area contributed by atoms with Gasteiger partial charge in [0.1, 0.15) is 11.6 Å². The lowest BCUT2D eigenvalue weighted by Crippen LogP contribution is -2.26. The van der Waals surface area contributed by atoms with Crippen molar-refractivity contribution >= 4 is 0 Å². The van der Waals surface area contributed by atoms with Gasteiger partial charge in [0.05, 0.1) is 0 Å². The van der Waals surface area contributed by atoms with Gasteiger partial charge in [-0.15, -0.1) is 0 Å². The smallest absolute Gasteiger partial charge is 0.129 e. The van der Waals surface area contributed by atoms with Crippen LogP contribution in [0.1, 0.15) is 25.8 Å². The number of hydrogen-bond donors (Lipinski definition) is 1. The molecule has 0 radical (unpaired) electrons. The molecule has 0 amide bonds. The summed E-state index contributed by atoms with van der Waals surface area (Å²) in [5.74, 6) is -0.891. The summed E-state index contributed by atoms with van der Waals surface area (Å²) >= 11 is 0. The average Bonchev–Trinajstić information content (AvgIpc) is 2.17. The Morgan fingerprint density at radius 1 is 1.27 bits per heavy atom. The summed E-state index contributed by atoms with van der Waals surface area (Å²) in [5.41, 5.74) is 0.197. The normalized spacial score (nSPS) is 12.8. The molecule has 0 aromatic heterocycles. The van der Waals surface area contributed by atoms with Crippen molar-refractivity contribution in [1.29, 1.82) is 0 Å². The Balaban J connectivity index is 2.57. The molecule has 1 aromatic rings. The van der Waals surface area contributed by atoms with Crippen molar-refractivity contribution in [3.63, 3.8) is 0 Å². The maximum absolute atomic E-state index is 13.2. The SMILES string of the molecule is CCNC(C)CCc1c(F)cccc1F. The van der Waals surface area contributed by atoms with E-state index in [1.807, 2.05) is 13.8 Å².